The van der Waals surface area contributed by atoms with Gasteiger partial charge < -0.3 is 20.4 Å². The van der Waals surface area contributed by atoms with Crippen LogP contribution in [0.5, 0.6) is 0 Å². The number of ether oxygens (including phenoxy) is 1. The van der Waals surface area contributed by atoms with Crippen molar-refractivity contribution in [1.29, 1.82) is 0 Å². The number of esters is 1. The van der Waals surface area contributed by atoms with Crippen LogP contribution in [0.3, 0.4) is 0 Å². The van der Waals surface area contributed by atoms with Gasteiger partial charge in [0.1, 0.15) is 5.69 Å². The summed E-state index contributed by atoms with van der Waals surface area (Å²) in [5.74, 6) is -1.49. The number of carbonyl (C=O) groups is 3. The van der Waals surface area contributed by atoms with Gasteiger partial charge >= 0.3 is 5.97 Å². The topological polar surface area (TPSA) is 105 Å². The molecule has 1 saturated heterocycles. The zero-order valence-electron chi connectivity index (χ0n) is 16.6. The van der Waals surface area contributed by atoms with E-state index >= 15 is 0 Å². The van der Waals surface area contributed by atoms with Gasteiger partial charge in [0.2, 0.25) is 11.7 Å². The van der Waals surface area contributed by atoms with Crippen molar-refractivity contribution < 1.29 is 19.1 Å². The first kappa shape index (κ1) is 20.4. The van der Waals surface area contributed by atoms with Crippen molar-refractivity contribution in [1.82, 2.24) is 9.88 Å². The minimum Gasteiger partial charge on any atom is -0.461 e. The monoisotopic (exact) mass is 395 g/mol. The molecule has 29 heavy (non-hydrogen) atoms. The molecule has 2 heterocycles. The van der Waals surface area contributed by atoms with Crippen LogP contribution in [0.15, 0.2) is 48.2 Å². The number of likely N-dealkylation sites (tertiary alicyclic amines) is 1. The predicted octanol–water partition coefficient (Wildman–Crippen LogP) is 2.75. The number of carbonyl (C=O) groups excluding carboxylic acids is 3. The van der Waals surface area contributed by atoms with E-state index in [1.165, 1.54) is 6.08 Å². The normalized spacial score (nSPS) is 16.9. The van der Waals surface area contributed by atoms with Crippen LogP contribution in [-0.4, -0.2) is 40.7 Å². The van der Waals surface area contributed by atoms with Gasteiger partial charge in [0.05, 0.1) is 18.2 Å². The number of hydrogen-bond acceptors (Lipinski definition) is 5. The van der Waals surface area contributed by atoms with E-state index < -0.39 is 11.9 Å². The molecule has 0 saturated carbocycles. The molecule has 1 aliphatic heterocycles. The number of allylic oxidation sites excluding steroid dienone is 2. The van der Waals surface area contributed by atoms with E-state index in [-0.39, 0.29) is 29.7 Å². The first-order chi connectivity index (χ1) is 13.9. The number of ketones is 1. The van der Waals surface area contributed by atoms with Crippen LogP contribution >= 0.6 is 0 Å². The highest BCUT2D eigenvalue weighted by Crippen LogP contribution is 2.33. The van der Waals surface area contributed by atoms with Gasteiger partial charge in [0.25, 0.3) is 0 Å². The molecule has 3 N–H and O–H groups in total. The summed E-state index contributed by atoms with van der Waals surface area (Å²) < 4.78 is 5.03. The summed E-state index contributed by atoms with van der Waals surface area (Å²) in [4.78, 5) is 42.5. The van der Waals surface area contributed by atoms with Gasteiger partial charge in [0, 0.05) is 24.9 Å². The average molecular weight is 395 g/mol. The number of aromatic amines is 1. The zero-order chi connectivity index (χ0) is 21.0. The summed E-state index contributed by atoms with van der Waals surface area (Å²) in [6, 6.07) is 11.3. The molecule has 1 aromatic heterocycles. The fourth-order valence-corrected chi connectivity index (χ4v) is 3.54. The minimum atomic E-state index is -0.562. The molecule has 0 radical (unpaired) electrons. The highest BCUT2D eigenvalue weighted by molar-refractivity contribution is 6.07. The van der Waals surface area contributed by atoms with Crippen molar-refractivity contribution in [2.75, 3.05) is 13.2 Å². The maximum Gasteiger partial charge on any atom is 0.354 e. The van der Waals surface area contributed by atoms with E-state index in [4.69, 9.17) is 10.5 Å². The van der Waals surface area contributed by atoms with Crippen LogP contribution in [0, 0.1) is 0 Å². The van der Waals surface area contributed by atoms with Crippen LogP contribution in [0.2, 0.25) is 0 Å². The lowest BCUT2D eigenvalue weighted by molar-refractivity contribution is -0.129. The summed E-state index contributed by atoms with van der Waals surface area (Å²) >= 11 is 0. The van der Waals surface area contributed by atoms with Crippen LogP contribution in [0.1, 0.15) is 58.3 Å². The number of nitrogens with two attached hydrogens (primary N) is 1. The first-order valence-corrected chi connectivity index (χ1v) is 9.61. The SMILES string of the molecule is CCOC(=O)c1cc(C2CCN(Cc3ccccc3)C2=O)c(C(=O)/C=C(/C)N)[nH]1. The lowest BCUT2D eigenvalue weighted by Gasteiger charge is -2.17. The molecule has 1 unspecified atom stereocenters. The van der Waals surface area contributed by atoms with Crippen LogP contribution in [-0.2, 0) is 16.1 Å². The Labute approximate surface area is 169 Å². The predicted molar refractivity (Wildman–Crippen MR) is 108 cm³/mol. The van der Waals surface area contributed by atoms with Crippen LogP contribution in [0.25, 0.3) is 0 Å². The molecule has 0 aliphatic carbocycles. The number of nitrogens with zero attached hydrogens (tertiary/aromatic N) is 1. The molecule has 1 fully saturated rings. The largest absolute Gasteiger partial charge is 0.461 e. The number of nitrogens with one attached hydrogen (secondary N) is 1. The second-order valence-corrected chi connectivity index (χ2v) is 7.07. The Morgan fingerprint density at radius 2 is 2.03 bits per heavy atom. The molecule has 1 atom stereocenters. The summed E-state index contributed by atoms with van der Waals surface area (Å²) in [5, 5.41) is 0. The third-order valence-corrected chi connectivity index (χ3v) is 4.84. The Morgan fingerprint density at radius 1 is 1.31 bits per heavy atom. The van der Waals surface area contributed by atoms with Crippen molar-refractivity contribution >= 4 is 17.7 Å². The molecule has 3 rings (SSSR count). The maximum absolute atomic E-state index is 13.1. The highest BCUT2D eigenvalue weighted by Gasteiger charge is 2.36. The van der Waals surface area contributed by atoms with Gasteiger partial charge in [-0.2, -0.15) is 0 Å². The standard InChI is InChI=1S/C22H25N3O4/c1-3-29-22(28)18-12-17(20(24-18)19(26)11-14(2)23)16-9-10-25(21(16)27)13-15-7-5-4-6-8-15/h4-8,11-12,16,24H,3,9-10,13,23H2,1-2H3/b14-11-. The first-order valence-electron chi connectivity index (χ1n) is 9.61. The number of hydrogen-bond donors (Lipinski definition) is 2. The molecule has 2 aromatic rings. The Hall–Kier alpha value is -3.35. The van der Waals surface area contributed by atoms with Crippen molar-refractivity contribution in [2.24, 2.45) is 5.73 Å². The smallest absolute Gasteiger partial charge is 0.354 e. The molecular formula is C22H25N3O4. The molecule has 0 spiro atoms. The van der Waals surface area contributed by atoms with Gasteiger partial charge in [-0.05, 0) is 37.5 Å². The Balaban J connectivity index is 1.90. The quantitative estimate of drug-likeness (QED) is 0.426. The third-order valence-electron chi connectivity index (χ3n) is 4.84. The number of rotatable bonds is 7. The maximum atomic E-state index is 13.1. The van der Waals surface area contributed by atoms with E-state index in [0.29, 0.717) is 30.8 Å². The van der Waals surface area contributed by atoms with Gasteiger partial charge in [-0.3, -0.25) is 9.59 Å². The number of benzene rings is 1. The Morgan fingerprint density at radius 3 is 2.69 bits per heavy atom. The molecule has 152 valence electrons. The number of amides is 1. The van der Waals surface area contributed by atoms with E-state index in [2.05, 4.69) is 4.98 Å². The summed E-state index contributed by atoms with van der Waals surface area (Å²) in [6.45, 7) is 4.62. The molecule has 7 nitrogen and oxygen atoms in total. The van der Waals surface area contributed by atoms with Crippen LogP contribution < -0.4 is 5.73 Å². The molecule has 0 bridgehead atoms. The van der Waals surface area contributed by atoms with Gasteiger partial charge in [-0.25, -0.2) is 4.79 Å². The lowest BCUT2D eigenvalue weighted by Crippen LogP contribution is -2.26. The fraction of sp³-hybridized carbons (Fsp3) is 0.318. The summed E-state index contributed by atoms with van der Waals surface area (Å²) in [5.41, 5.74) is 7.90. The minimum absolute atomic E-state index is 0.0641. The highest BCUT2D eigenvalue weighted by atomic mass is 16.5. The second-order valence-electron chi connectivity index (χ2n) is 7.07. The van der Waals surface area contributed by atoms with Gasteiger partial charge in [0.15, 0.2) is 0 Å². The van der Waals surface area contributed by atoms with Crippen molar-refractivity contribution in [2.45, 2.75) is 32.7 Å². The Bertz CT molecular complexity index is 942. The fourth-order valence-electron chi connectivity index (χ4n) is 3.54. The molecule has 1 aromatic carbocycles. The summed E-state index contributed by atoms with van der Waals surface area (Å²) in [6.07, 6.45) is 1.85. The average Bonchev–Trinajstić information content (AvgIpc) is 3.27. The second kappa shape index (κ2) is 8.77. The molecular weight excluding hydrogens is 370 g/mol. The van der Waals surface area contributed by atoms with Gasteiger partial charge in [-0.1, -0.05) is 30.3 Å². The number of aromatic nitrogens is 1. The number of H-pyrrole nitrogens is 1. The lowest BCUT2D eigenvalue weighted by atomic mass is 9.96. The van der Waals surface area contributed by atoms with E-state index in [1.807, 2.05) is 30.3 Å². The third kappa shape index (κ3) is 4.56. The zero-order valence-corrected chi connectivity index (χ0v) is 16.6. The molecule has 1 aliphatic rings. The van der Waals surface area contributed by atoms with E-state index in [0.717, 1.165) is 5.56 Å². The molecule has 1 amide bonds. The van der Waals surface area contributed by atoms with Gasteiger partial charge in [-0.15, -0.1) is 0 Å². The van der Waals surface area contributed by atoms with E-state index in [9.17, 15) is 14.4 Å². The Kier molecular flexibility index (Phi) is 6.16. The summed E-state index contributed by atoms with van der Waals surface area (Å²) in [7, 11) is 0. The van der Waals surface area contributed by atoms with E-state index in [1.54, 1.807) is 24.8 Å². The van der Waals surface area contributed by atoms with Crippen molar-refractivity contribution in [3.8, 4) is 0 Å². The molecule has 7 heteroatoms. The van der Waals surface area contributed by atoms with Crippen molar-refractivity contribution in [3.63, 3.8) is 0 Å². The van der Waals surface area contributed by atoms with Crippen LogP contribution in [0.4, 0.5) is 0 Å². The van der Waals surface area contributed by atoms with Crippen molar-refractivity contribution in [3.05, 3.63) is 70.7 Å².